The average Bonchev–Trinajstić information content (AvgIpc) is 3.52. The minimum Gasteiger partial charge on any atom is -0.387 e. The SMILES string of the molecule is COCCN=CC(=NN)c1ccc(CCNCCCNC[C@H]2O[C@@H](n3cnc4c(N)ncnc43)[C@H](O)[C@@H]2O)cc1. The van der Waals surface area contributed by atoms with Crippen LogP contribution < -0.4 is 22.2 Å². The molecule has 1 fully saturated rings. The maximum absolute atomic E-state index is 10.6. The fourth-order valence-electron chi connectivity index (χ4n) is 4.44. The number of aliphatic imine (C=N–C) groups is 1. The lowest BCUT2D eigenvalue weighted by Crippen LogP contribution is -2.38. The average molecular weight is 555 g/mol. The van der Waals surface area contributed by atoms with Crippen molar-refractivity contribution < 1.29 is 19.7 Å². The molecule has 0 spiro atoms. The summed E-state index contributed by atoms with van der Waals surface area (Å²) in [7, 11) is 1.64. The number of nitrogen functional groups attached to an aromatic ring is 1. The summed E-state index contributed by atoms with van der Waals surface area (Å²) in [5, 5.41) is 31.6. The van der Waals surface area contributed by atoms with E-state index in [2.05, 4.69) is 47.8 Å². The van der Waals surface area contributed by atoms with Crippen molar-refractivity contribution in [2.45, 2.75) is 37.4 Å². The van der Waals surface area contributed by atoms with Crippen LogP contribution in [0.3, 0.4) is 0 Å². The predicted octanol–water partition coefficient (Wildman–Crippen LogP) is -0.780. The Morgan fingerprint density at radius 3 is 2.70 bits per heavy atom. The highest BCUT2D eigenvalue weighted by molar-refractivity contribution is 6.38. The van der Waals surface area contributed by atoms with E-state index in [0.29, 0.717) is 36.6 Å². The Kier molecular flexibility index (Phi) is 10.9. The third-order valence-electron chi connectivity index (χ3n) is 6.67. The summed E-state index contributed by atoms with van der Waals surface area (Å²) in [6, 6.07) is 8.12. The van der Waals surface area contributed by atoms with Crippen molar-refractivity contribution in [2.75, 3.05) is 52.2 Å². The third kappa shape index (κ3) is 7.35. The quantitative estimate of drug-likeness (QED) is 0.0595. The first-order valence-electron chi connectivity index (χ1n) is 13.3. The molecule has 4 atom stereocenters. The van der Waals surface area contributed by atoms with Crippen molar-refractivity contribution in [1.82, 2.24) is 30.2 Å². The number of ether oxygens (including phenoxy) is 2. The van der Waals surface area contributed by atoms with Crippen LogP contribution in [0.2, 0.25) is 0 Å². The van der Waals surface area contributed by atoms with E-state index in [9.17, 15) is 10.2 Å². The van der Waals surface area contributed by atoms with Crippen LogP contribution in [0.25, 0.3) is 11.2 Å². The largest absolute Gasteiger partial charge is 0.387 e. The molecule has 0 radical (unpaired) electrons. The fraction of sp³-hybridized carbons (Fsp3) is 0.500. The van der Waals surface area contributed by atoms with Crippen molar-refractivity contribution in [3.8, 4) is 0 Å². The molecule has 4 rings (SSSR count). The van der Waals surface area contributed by atoms with Crippen LogP contribution >= 0.6 is 0 Å². The van der Waals surface area contributed by atoms with Gasteiger partial charge in [0.05, 0.1) is 19.5 Å². The summed E-state index contributed by atoms with van der Waals surface area (Å²) in [6.07, 6.45) is 2.70. The van der Waals surface area contributed by atoms with Crippen molar-refractivity contribution in [1.29, 1.82) is 0 Å². The number of nitrogens with two attached hydrogens (primary N) is 2. The van der Waals surface area contributed by atoms with Crippen LogP contribution in [0, 0.1) is 0 Å². The Morgan fingerprint density at radius 2 is 1.93 bits per heavy atom. The predicted molar refractivity (Wildman–Crippen MR) is 152 cm³/mol. The summed E-state index contributed by atoms with van der Waals surface area (Å²) in [6.45, 7) is 3.94. The number of anilines is 1. The van der Waals surface area contributed by atoms with Gasteiger partial charge in [-0.2, -0.15) is 5.10 Å². The Balaban J connectivity index is 1.12. The van der Waals surface area contributed by atoms with Gasteiger partial charge < -0.3 is 41.9 Å². The highest BCUT2D eigenvalue weighted by Crippen LogP contribution is 2.31. The van der Waals surface area contributed by atoms with Gasteiger partial charge in [0.25, 0.3) is 0 Å². The summed E-state index contributed by atoms with van der Waals surface area (Å²) in [5.74, 6) is 5.76. The first-order chi connectivity index (χ1) is 19.5. The monoisotopic (exact) mass is 554 g/mol. The Hall–Kier alpha value is -3.53. The minimum atomic E-state index is -1.13. The second kappa shape index (κ2) is 14.7. The molecular formula is C26H38N10O4. The molecule has 40 heavy (non-hydrogen) atoms. The molecule has 0 saturated carbocycles. The number of hydrogen-bond donors (Lipinski definition) is 6. The second-order valence-corrected chi connectivity index (χ2v) is 9.43. The highest BCUT2D eigenvalue weighted by atomic mass is 16.6. The number of hydrazone groups is 1. The number of aliphatic hydroxyl groups is 2. The van der Waals surface area contributed by atoms with Gasteiger partial charge in [0, 0.05) is 25.4 Å². The van der Waals surface area contributed by atoms with Gasteiger partial charge >= 0.3 is 0 Å². The molecule has 14 heteroatoms. The lowest BCUT2D eigenvalue weighted by molar-refractivity contribution is -0.0341. The zero-order valence-corrected chi connectivity index (χ0v) is 22.6. The molecule has 1 aliphatic heterocycles. The van der Waals surface area contributed by atoms with E-state index in [-0.39, 0.29) is 5.82 Å². The first-order valence-corrected chi connectivity index (χ1v) is 13.3. The summed E-state index contributed by atoms with van der Waals surface area (Å²) < 4.78 is 12.5. The lowest BCUT2D eigenvalue weighted by atomic mass is 10.1. The number of nitrogens with zero attached hydrogens (tertiary/aromatic N) is 6. The molecule has 0 aliphatic carbocycles. The number of nitrogens with one attached hydrogen (secondary N) is 2. The maximum atomic E-state index is 10.6. The van der Waals surface area contributed by atoms with E-state index in [0.717, 1.165) is 38.0 Å². The molecule has 3 heterocycles. The molecule has 3 aromatic rings. The molecule has 8 N–H and O–H groups in total. The standard InChI is InChI=1S/C26H38N10O4/c1-39-12-11-31-13-19(35-28)18-5-3-17(4-6-18)7-10-29-8-2-9-30-14-20-22(37)23(38)26(40-20)36-16-34-21-24(27)32-15-33-25(21)36/h3-6,13,15-16,20,22-23,26,29-30,37-38H,2,7-12,14,28H2,1H3,(H2,27,32,33)/t20-,22-,23-,26-/m1/s1. The molecule has 216 valence electrons. The van der Waals surface area contributed by atoms with Gasteiger partial charge in [0.15, 0.2) is 17.7 Å². The molecule has 14 nitrogen and oxygen atoms in total. The van der Waals surface area contributed by atoms with Crippen molar-refractivity contribution >= 4 is 28.9 Å². The molecule has 0 unspecified atom stereocenters. The van der Waals surface area contributed by atoms with E-state index >= 15 is 0 Å². The summed E-state index contributed by atoms with van der Waals surface area (Å²) in [4.78, 5) is 16.6. The number of imidazole rings is 1. The molecule has 1 saturated heterocycles. The van der Waals surface area contributed by atoms with Crippen LogP contribution in [0.5, 0.6) is 0 Å². The van der Waals surface area contributed by atoms with Gasteiger partial charge in [0.2, 0.25) is 0 Å². The van der Waals surface area contributed by atoms with Crippen LogP contribution in [0.1, 0.15) is 23.8 Å². The minimum absolute atomic E-state index is 0.244. The first kappa shape index (κ1) is 29.5. The van der Waals surface area contributed by atoms with Crippen molar-refractivity contribution in [3.63, 3.8) is 0 Å². The van der Waals surface area contributed by atoms with Gasteiger partial charge in [-0.15, -0.1) is 0 Å². The lowest BCUT2D eigenvalue weighted by Gasteiger charge is -2.16. The summed E-state index contributed by atoms with van der Waals surface area (Å²) >= 11 is 0. The Morgan fingerprint density at radius 1 is 1.12 bits per heavy atom. The molecule has 2 aromatic heterocycles. The molecule has 1 aliphatic rings. The third-order valence-corrected chi connectivity index (χ3v) is 6.67. The Labute approximate surface area is 232 Å². The van der Waals surface area contributed by atoms with Crippen molar-refractivity contribution in [3.05, 3.63) is 48.0 Å². The van der Waals surface area contributed by atoms with E-state index in [1.165, 1.54) is 18.2 Å². The highest BCUT2D eigenvalue weighted by Gasteiger charge is 2.44. The van der Waals surface area contributed by atoms with Gasteiger partial charge in [-0.1, -0.05) is 24.3 Å². The molecular weight excluding hydrogens is 516 g/mol. The number of aliphatic hydroxyl groups excluding tert-OH is 2. The molecule has 0 bridgehead atoms. The molecule has 0 amide bonds. The number of hydrogen-bond acceptors (Lipinski definition) is 13. The fourth-order valence-corrected chi connectivity index (χ4v) is 4.44. The van der Waals surface area contributed by atoms with Crippen LogP contribution in [0.15, 0.2) is 47.0 Å². The number of aromatic nitrogens is 4. The van der Waals surface area contributed by atoms with Gasteiger partial charge in [-0.3, -0.25) is 9.56 Å². The number of benzene rings is 1. The smallest absolute Gasteiger partial charge is 0.167 e. The van der Waals surface area contributed by atoms with Gasteiger partial charge in [0.1, 0.15) is 35.9 Å². The van der Waals surface area contributed by atoms with E-state index < -0.39 is 24.5 Å². The van der Waals surface area contributed by atoms with Crippen LogP contribution in [-0.4, -0.2) is 106 Å². The zero-order valence-electron chi connectivity index (χ0n) is 22.6. The number of methoxy groups -OCH3 is 1. The number of fused-ring (bicyclic) bond motifs is 1. The topological polar surface area (TPSA) is 203 Å². The van der Waals surface area contributed by atoms with Gasteiger partial charge in [-0.05, 0) is 38.0 Å². The van der Waals surface area contributed by atoms with E-state index in [1.54, 1.807) is 17.9 Å². The van der Waals surface area contributed by atoms with Crippen LogP contribution in [0.4, 0.5) is 5.82 Å². The van der Waals surface area contributed by atoms with E-state index in [4.69, 9.17) is 21.1 Å². The van der Waals surface area contributed by atoms with Gasteiger partial charge in [-0.25, -0.2) is 15.0 Å². The summed E-state index contributed by atoms with van der Waals surface area (Å²) in [5.41, 5.74) is 9.46. The zero-order chi connectivity index (χ0) is 28.3. The van der Waals surface area contributed by atoms with Crippen LogP contribution in [-0.2, 0) is 15.9 Å². The number of rotatable bonds is 15. The second-order valence-electron chi connectivity index (χ2n) is 9.43. The normalized spacial score (nSPS) is 21.6. The molecule has 1 aromatic carbocycles. The Bertz CT molecular complexity index is 1270. The van der Waals surface area contributed by atoms with Crippen molar-refractivity contribution in [2.24, 2.45) is 15.9 Å². The maximum Gasteiger partial charge on any atom is 0.167 e. The van der Waals surface area contributed by atoms with E-state index in [1.807, 2.05) is 12.1 Å².